The molecule has 0 aliphatic carbocycles. The lowest BCUT2D eigenvalue weighted by molar-refractivity contribution is -0.111. The summed E-state index contributed by atoms with van der Waals surface area (Å²) in [6.07, 6.45) is 8.72. The molecular weight excluding hydrogens is 330 g/mol. The van der Waals surface area contributed by atoms with Crippen LogP contribution in [0.1, 0.15) is 28.8 Å². The molecule has 2 aromatic rings. The van der Waals surface area contributed by atoms with Crippen molar-refractivity contribution in [2.24, 2.45) is 0 Å². The average molecular weight is 353 g/mol. The summed E-state index contributed by atoms with van der Waals surface area (Å²) in [6, 6.07) is 3.61. The molecule has 0 saturated carbocycles. The predicted molar refractivity (Wildman–Crippen MR) is 97.0 cm³/mol. The van der Waals surface area contributed by atoms with Crippen molar-refractivity contribution in [1.82, 2.24) is 19.9 Å². The van der Waals surface area contributed by atoms with E-state index in [2.05, 4.69) is 19.9 Å². The molecule has 4 heterocycles. The summed E-state index contributed by atoms with van der Waals surface area (Å²) in [5.41, 5.74) is 1.43. The first-order valence-electron chi connectivity index (χ1n) is 9.02. The Balaban J connectivity index is 1.42. The molecule has 0 bridgehead atoms. The number of rotatable bonds is 2. The summed E-state index contributed by atoms with van der Waals surface area (Å²) in [5.74, 6) is 0.801. The van der Waals surface area contributed by atoms with Crippen molar-refractivity contribution in [3.63, 3.8) is 0 Å². The van der Waals surface area contributed by atoms with Gasteiger partial charge < -0.3 is 14.5 Å². The molecule has 0 unspecified atom stereocenters. The largest absolute Gasteiger partial charge is 0.371 e. The first-order valence-corrected chi connectivity index (χ1v) is 9.02. The molecule has 1 spiro atoms. The Bertz CT molecular complexity index is 757. The van der Waals surface area contributed by atoms with Crippen molar-refractivity contribution >= 4 is 11.9 Å². The fraction of sp³-hybridized carbons (Fsp3) is 0.474. The number of aryl methyl sites for hydroxylation is 1. The van der Waals surface area contributed by atoms with Gasteiger partial charge in [-0.1, -0.05) is 0 Å². The van der Waals surface area contributed by atoms with Crippen LogP contribution in [0.2, 0.25) is 0 Å². The first kappa shape index (κ1) is 16.9. The number of ether oxygens (including phenoxy) is 1. The molecule has 2 aliphatic heterocycles. The van der Waals surface area contributed by atoms with Crippen LogP contribution in [0.3, 0.4) is 0 Å². The zero-order chi connectivity index (χ0) is 18.0. The van der Waals surface area contributed by atoms with E-state index in [1.54, 1.807) is 18.5 Å². The molecule has 4 rings (SSSR count). The maximum absolute atomic E-state index is 12.7. The van der Waals surface area contributed by atoms with Gasteiger partial charge in [0.25, 0.3) is 5.91 Å². The third kappa shape index (κ3) is 3.39. The second-order valence-electron chi connectivity index (χ2n) is 7.05. The van der Waals surface area contributed by atoms with E-state index in [0.717, 1.165) is 37.4 Å². The zero-order valence-corrected chi connectivity index (χ0v) is 15.0. The Morgan fingerprint density at radius 2 is 1.92 bits per heavy atom. The maximum atomic E-state index is 12.7. The number of morpholine rings is 1. The Labute approximate surface area is 153 Å². The van der Waals surface area contributed by atoms with E-state index in [4.69, 9.17) is 4.74 Å². The van der Waals surface area contributed by atoms with Crippen LogP contribution in [0, 0.1) is 6.92 Å². The number of nitrogens with zero attached hydrogens (tertiary/aromatic N) is 5. The van der Waals surface area contributed by atoms with Gasteiger partial charge in [0.05, 0.1) is 24.3 Å². The molecule has 0 aromatic carbocycles. The van der Waals surface area contributed by atoms with E-state index in [-0.39, 0.29) is 11.5 Å². The molecule has 0 N–H and O–H groups in total. The van der Waals surface area contributed by atoms with Crippen molar-refractivity contribution in [3.8, 4) is 0 Å². The smallest absolute Gasteiger partial charge is 0.255 e. The van der Waals surface area contributed by atoms with Crippen molar-refractivity contribution in [1.29, 1.82) is 0 Å². The fourth-order valence-corrected chi connectivity index (χ4v) is 3.66. The lowest BCUT2D eigenvalue weighted by Gasteiger charge is -2.47. The van der Waals surface area contributed by atoms with Crippen molar-refractivity contribution in [3.05, 3.63) is 48.0 Å². The molecule has 2 saturated heterocycles. The van der Waals surface area contributed by atoms with Gasteiger partial charge in [0.1, 0.15) is 0 Å². The molecule has 7 heteroatoms. The van der Waals surface area contributed by atoms with E-state index in [0.29, 0.717) is 25.3 Å². The third-order valence-electron chi connectivity index (χ3n) is 5.17. The van der Waals surface area contributed by atoms with Gasteiger partial charge in [-0.2, -0.15) is 0 Å². The average Bonchev–Trinajstić information content (AvgIpc) is 2.70. The number of carbonyl (C=O) groups excluding carboxylic acids is 1. The van der Waals surface area contributed by atoms with Crippen LogP contribution >= 0.6 is 0 Å². The number of amides is 1. The molecule has 0 radical (unpaired) electrons. The van der Waals surface area contributed by atoms with Crippen LogP contribution in [0.4, 0.5) is 5.95 Å². The molecule has 7 nitrogen and oxygen atoms in total. The van der Waals surface area contributed by atoms with E-state index < -0.39 is 0 Å². The number of hydrogen-bond donors (Lipinski definition) is 0. The highest BCUT2D eigenvalue weighted by molar-refractivity contribution is 5.94. The van der Waals surface area contributed by atoms with Crippen molar-refractivity contribution in [2.75, 3.05) is 37.7 Å². The first-order chi connectivity index (χ1) is 12.7. The number of aromatic nitrogens is 3. The van der Waals surface area contributed by atoms with Gasteiger partial charge >= 0.3 is 0 Å². The standard InChI is InChI=1S/C19H23N5O2/c1-15-11-21-18(22-12-15)23-7-4-19(5-8-23)14-24(9-10-26-19)17(25)16-3-2-6-20-13-16/h2-3,6,11-13H,4-5,7-10,14H2,1H3. The van der Waals surface area contributed by atoms with Gasteiger partial charge in [0.2, 0.25) is 5.95 Å². The van der Waals surface area contributed by atoms with Crippen LogP contribution in [0.5, 0.6) is 0 Å². The predicted octanol–water partition coefficient (Wildman–Crippen LogP) is 1.69. The Morgan fingerprint density at radius 1 is 1.15 bits per heavy atom. The van der Waals surface area contributed by atoms with Crippen molar-refractivity contribution in [2.45, 2.75) is 25.4 Å². The summed E-state index contributed by atoms with van der Waals surface area (Å²) in [6.45, 7) is 5.48. The minimum atomic E-state index is -0.267. The molecule has 1 amide bonds. The molecule has 0 atom stereocenters. The minimum absolute atomic E-state index is 0.0325. The van der Waals surface area contributed by atoms with Crippen LogP contribution < -0.4 is 4.90 Å². The summed E-state index contributed by atoms with van der Waals surface area (Å²) >= 11 is 0. The van der Waals surface area contributed by atoms with Crippen LogP contribution in [-0.4, -0.2) is 64.1 Å². The Morgan fingerprint density at radius 3 is 2.62 bits per heavy atom. The van der Waals surface area contributed by atoms with E-state index in [1.807, 2.05) is 30.3 Å². The summed E-state index contributed by atoms with van der Waals surface area (Å²) in [4.78, 5) is 29.7. The van der Waals surface area contributed by atoms with Gasteiger partial charge in [-0.05, 0) is 37.5 Å². The molecule has 2 aromatic heterocycles. The number of piperidine rings is 1. The quantitative estimate of drug-likeness (QED) is 0.818. The van der Waals surface area contributed by atoms with E-state index in [1.165, 1.54) is 0 Å². The zero-order valence-electron chi connectivity index (χ0n) is 15.0. The lowest BCUT2D eigenvalue weighted by atomic mass is 9.89. The van der Waals surface area contributed by atoms with Gasteiger partial charge in [-0.25, -0.2) is 9.97 Å². The van der Waals surface area contributed by atoms with Gasteiger partial charge in [0.15, 0.2) is 0 Å². The normalized spacial score (nSPS) is 19.6. The summed E-state index contributed by atoms with van der Waals surface area (Å²) in [5, 5.41) is 0. The SMILES string of the molecule is Cc1cnc(N2CCC3(CC2)CN(C(=O)c2cccnc2)CCO3)nc1. The summed E-state index contributed by atoms with van der Waals surface area (Å²) in [7, 11) is 0. The van der Waals surface area contributed by atoms with Crippen LogP contribution in [-0.2, 0) is 4.74 Å². The number of pyridine rings is 1. The second kappa shape index (κ2) is 6.99. The highest BCUT2D eigenvalue weighted by Crippen LogP contribution is 2.31. The maximum Gasteiger partial charge on any atom is 0.255 e. The van der Waals surface area contributed by atoms with Crippen LogP contribution in [0.15, 0.2) is 36.9 Å². The number of anilines is 1. The molecule has 2 fully saturated rings. The third-order valence-corrected chi connectivity index (χ3v) is 5.17. The van der Waals surface area contributed by atoms with Crippen molar-refractivity contribution < 1.29 is 9.53 Å². The monoisotopic (exact) mass is 353 g/mol. The molecule has 136 valence electrons. The summed E-state index contributed by atoms with van der Waals surface area (Å²) < 4.78 is 6.15. The van der Waals surface area contributed by atoms with E-state index >= 15 is 0 Å². The Kier molecular flexibility index (Phi) is 4.55. The molecular formula is C19H23N5O2. The van der Waals surface area contributed by atoms with Crippen LogP contribution in [0.25, 0.3) is 0 Å². The van der Waals surface area contributed by atoms with E-state index in [9.17, 15) is 4.79 Å². The molecule has 2 aliphatic rings. The van der Waals surface area contributed by atoms with Gasteiger partial charge in [0, 0.05) is 44.4 Å². The highest BCUT2D eigenvalue weighted by Gasteiger charge is 2.41. The number of hydrogen-bond acceptors (Lipinski definition) is 6. The topological polar surface area (TPSA) is 71.5 Å². The number of carbonyl (C=O) groups is 1. The van der Waals surface area contributed by atoms with Gasteiger partial charge in [-0.3, -0.25) is 9.78 Å². The second-order valence-corrected chi connectivity index (χ2v) is 7.05. The molecule has 26 heavy (non-hydrogen) atoms. The lowest BCUT2D eigenvalue weighted by Crippen LogP contribution is -2.58. The minimum Gasteiger partial charge on any atom is -0.371 e. The fourth-order valence-electron chi connectivity index (χ4n) is 3.66. The highest BCUT2D eigenvalue weighted by atomic mass is 16.5. The van der Waals surface area contributed by atoms with Gasteiger partial charge in [-0.15, -0.1) is 0 Å². The Hall–Kier alpha value is -2.54.